The largest absolute Gasteiger partial charge is 0.208 e. The van der Waals surface area contributed by atoms with Crippen LogP contribution in [0.25, 0.3) is 99.9 Å². The van der Waals surface area contributed by atoms with E-state index in [1.807, 2.05) is 36.4 Å². The molecule has 1 aromatic heterocycles. The van der Waals surface area contributed by atoms with E-state index in [-0.39, 0.29) is 5.41 Å². The van der Waals surface area contributed by atoms with Crippen LogP contribution in [0.5, 0.6) is 0 Å². The van der Waals surface area contributed by atoms with Crippen molar-refractivity contribution in [3.63, 3.8) is 0 Å². The minimum atomic E-state index is -0.0761. The molecule has 3 nitrogen and oxygen atoms in total. The molecule has 1 aliphatic carbocycles. The summed E-state index contributed by atoms with van der Waals surface area (Å²) >= 11 is 0. The molecule has 0 atom stereocenters. The van der Waals surface area contributed by atoms with E-state index in [0.717, 1.165) is 43.8 Å². The van der Waals surface area contributed by atoms with Crippen molar-refractivity contribution in [1.29, 1.82) is 0 Å². The van der Waals surface area contributed by atoms with Crippen LogP contribution in [-0.2, 0) is 5.41 Å². The van der Waals surface area contributed by atoms with Gasteiger partial charge in [-0.25, -0.2) is 15.0 Å². The molecule has 0 aliphatic heterocycles. The van der Waals surface area contributed by atoms with Gasteiger partial charge >= 0.3 is 0 Å². The summed E-state index contributed by atoms with van der Waals surface area (Å²) in [5.41, 5.74) is 12.9. The number of fused-ring (bicyclic) bond motifs is 6. The molecule has 1 aliphatic rings. The summed E-state index contributed by atoms with van der Waals surface area (Å²) in [5, 5.41) is 6.96. The molecule has 11 rings (SSSR count). The summed E-state index contributed by atoms with van der Waals surface area (Å²) < 4.78 is 0. The molecule has 10 aromatic rings. The van der Waals surface area contributed by atoms with Gasteiger partial charge in [0, 0.05) is 22.1 Å². The van der Waals surface area contributed by atoms with Crippen molar-refractivity contribution in [2.45, 2.75) is 19.3 Å². The molecule has 0 spiro atoms. The molecule has 268 valence electrons. The van der Waals surface area contributed by atoms with Gasteiger partial charge in [0.2, 0.25) is 0 Å². The van der Waals surface area contributed by atoms with E-state index in [2.05, 4.69) is 166 Å². The summed E-state index contributed by atoms with van der Waals surface area (Å²) in [4.78, 5) is 15.6. The zero-order valence-electron chi connectivity index (χ0n) is 31.7. The van der Waals surface area contributed by atoms with Crippen molar-refractivity contribution in [3.8, 4) is 67.5 Å². The second kappa shape index (κ2) is 12.9. The fourth-order valence-corrected chi connectivity index (χ4v) is 9.07. The fraction of sp³-hybridized carbons (Fsp3) is 0.0556. The van der Waals surface area contributed by atoms with E-state index in [4.69, 9.17) is 15.0 Å². The van der Waals surface area contributed by atoms with Gasteiger partial charge in [-0.1, -0.05) is 184 Å². The summed E-state index contributed by atoms with van der Waals surface area (Å²) in [5.74, 6) is 1.94. The van der Waals surface area contributed by atoms with E-state index in [1.54, 1.807) is 0 Å². The van der Waals surface area contributed by atoms with Gasteiger partial charge in [0.1, 0.15) is 0 Å². The quantitative estimate of drug-likeness (QED) is 0.166. The Labute approximate surface area is 332 Å². The molecule has 0 N–H and O–H groups in total. The number of hydrogen-bond acceptors (Lipinski definition) is 3. The van der Waals surface area contributed by atoms with E-state index >= 15 is 0 Å². The Balaban J connectivity index is 1.23. The maximum atomic E-state index is 5.28. The van der Waals surface area contributed by atoms with Gasteiger partial charge < -0.3 is 0 Å². The highest BCUT2D eigenvalue weighted by molar-refractivity contribution is 6.21. The minimum absolute atomic E-state index is 0.0761. The average Bonchev–Trinajstić information content (AvgIpc) is 3.50. The Morgan fingerprint density at radius 3 is 1.58 bits per heavy atom. The molecule has 0 bridgehead atoms. The van der Waals surface area contributed by atoms with Crippen LogP contribution in [0.1, 0.15) is 25.0 Å². The van der Waals surface area contributed by atoms with Gasteiger partial charge in [0.05, 0.1) is 0 Å². The summed E-state index contributed by atoms with van der Waals surface area (Å²) in [6, 6.07) is 67.5. The monoisotopic (exact) mass is 727 g/mol. The Bertz CT molecular complexity index is 3140. The van der Waals surface area contributed by atoms with Crippen molar-refractivity contribution in [2.75, 3.05) is 0 Å². The number of nitrogens with zero attached hydrogens (tertiary/aromatic N) is 3. The van der Waals surface area contributed by atoms with Crippen LogP contribution < -0.4 is 0 Å². The van der Waals surface area contributed by atoms with Crippen LogP contribution in [-0.4, -0.2) is 15.0 Å². The van der Waals surface area contributed by atoms with Crippen LogP contribution in [0.4, 0.5) is 0 Å². The predicted octanol–water partition coefficient (Wildman–Crippen LogP) is 14.0. The lowest BCUT2D eigenvalue weighted by Gasteiger charge is -2.22. The number of benzene rings is 9. The van der Waals surface area contributed by atoms with Gasteiger partial charge in [0.15, 0.2) is 17.5 Å². The first-order valence-corrected chi connectivity index (χ1v) is 19.6. The molecular weight excluding hydrogens is 691 g/mol. The molecule has 1 heterocycles. The Kier molecular flexibility index (Phi) is 7.52. The maximum Gasteiger partial charge on any atom is 0.165 e. The van der Waals surface area contributed by atoms with E-state index in [9.17, 15) is 0 Å². The van der Waals surface area contributed by atoms with E-state index < -0.39 is 0 Å². The first-order valence-electron chi connectivity index (χ1n) is 19.6. The highest BCUT2D eigenvalue weighted by atomic mass is 15.0. The third-order valence-corrected chi connectivity index (χ3v) is 11.9. The fourth-order valence-electron chi connectivity index (χ4n) is 9.07. The zero-order chi connectivity index (χ0) is 38.1. The van der Waals surface area contributed by atoms with Gasteiger partial charge in [-0.15, -0.1) is 0 Å². The van der Waals surface area contributed by atoms with Gasteiger partial charge in [0.25, 0.3) is 0 Å². The average molecular weight is 728 g/mol. The second-order valence-corrected chi connectivity index (χ2v) is 15.6. The topological polar surface area (TPSA) is 38.7 Å². The lowest BCUT2D eigenvalue weighted by Crippen LogP contribution is -2.14. The van der Waals surface area contributed by atoms with Crippen LogP contribution >= 0.6 is 0 Å². The zero-order valence-corrected chi connectivity index (χ0v) is 31.7. The third kappa shape index (κ3) is 5.38. The van der Waals surface area contributed by atoms with Crippen LogP contribution in [0.15, 0.2) is 188 Å². The van der Waals surface area contributed by atoms with Crippen molar-refractivity contribution in [3.05, 3.63) is 199 Å². The normalized spacial score (nSPS) is 12.9. The lowest BCUT2D eigenvalue weighted by molar-refractivity contribution is 0.660. The molecule has 0 fully saturated rings. The van der Waals surface area contributed by atoms with Gasteiger partial charge in [-0.3, -0.25) is 0 Å². The molecule has 9 aromatic carbocycles. The maximum absolute atomic E-state index is 5.28. The molecule has 0 amide bonds. The number of rotatable bonds is 5. The van der Waals surface area contributed by atoms with Gasteiger partial charge in [-0.05, 0) is 95.0 Å². The lowest BCUT2D eigenvalue weighted by atomic mass is 9.81. The van der Waals surface area contributed by atoms with E-state index in [1.165, 1.54) is 49.7 Å². The first kappa shape index (κ1) is 33.1. The van der Waals surface area contributed by atoms with E-state index in [0.29, 0.717) is 17.5 Å². The van der Waals surface area contributed by atoms with Gasteiger partial charge in [-0.2, -0.15) is 0 Å². The number of hydrogen-bond donors (Lipinski definition) is 0. The standard InChI is InChI=1S/C54H37N3/c1-54(2)47-24-14-13-21-41(47)45-33-40(28-30-48(45)54)49-42-22-11-12-23-43(42)50(44-29-27-39(32-46(44)49)38-26-25-34-15-9-10-20-37(34)31-38)53-56-51(35-16-5-3-6-17-35)55-52(57-53)36-18-7-4-8-19-36/h3-33H,1-2H3. The van der Waals surface area contributed by atoms with Crippen LogP contribution in [0.3, 0.4) is 0 Å². The molecule has 0 unspecified atom stereocenters. The van der Waals surface area contributed by atoms with Crippen LogP contribution in [0, 0.1) is 0 Å². The van der Waals surface area contributed by atoms with Crippen molar-refractivity contribution < 1.29 is 0 Å². The molecule has 0 radical (unpaired) electrons. The van der Waals surface area contributed by atoms with Crippen molar-refractivity contribution in [1.82, 2.24) is 15.0 Å². The molecule has 57 heavy (non-hydrogen) atoms. The predicted molar refractivity (Wildman–Crippen MR) is 237 cm³/mol. The second-order valence-electron chi connectivity index (χ2n) is 15.6. The minimum Gasteiger partial charge on any atom is -0.208 e. The molecule has 0 saturated heterocycles. The Hall–Kier alpha value is -7.23. The highest BCUT2D eigenvalue weighted by Crippen LogP contribution is 2.51. The summed E-state index contributed by atoms with van der Waals surface area (Å²) in [6.45, 7) is 4.68. The Morgan fingerprint density at radius 2 is 0.842 bits per heavy atom. The Morgan fingerprint density at radius 1 is 0.316 bits per heavy atom. The SMILES string of the molecule is CC1(C)c2ccccc2-c2cc(-c3c4ccccc4c(-c4nc(-c5ccccc5)nc(-c5ccccc5)n4)c4ccc(-c5ccc6ccccc6c5)cc34)ccc21. The molecular formula is C54H37N3. The molecule has 0 saturated carbocycles. The summed E-state index contributed by atoms with van der Waals surface area (Å²) in [7, 11) is 0. The smallest absolute Gasteiger partial charge is 0.165 e. The van der Waals surface area contributed by atoms with Crippen molar-refractivity contribution in [2.24, 2.45) is 0 Å². The van der Waals surface area contributed by atoms with Crippen molar-refractivity contribution >= 4 is 32.3 Å². The van der Waals surface area contributed by atoms with Crippen LogP contribution in [0.2, 0.25) is 0 Å². The highest BCUT2D eigenvalue weighted by Gasteiger charge is 2.35. The first-order chi connectivity index (χ1) is 28.0. The summed E-state index contributed by atoms with van der Waals surface area (Å²) in [6.07, 6.45) is 0. The number of aromatic nitrogens is 3. The third-order valence-electron chi connectivity index (χ3n) is 11.9. The molecule has 3 heteroatoms.